The Morgan fingerprint density at radius 1 is 1.00 bits per heavy atom. The third-order valence-corrected chi connectivity index (χ3v) is 2.79. The van der Waals surface area contributed by atoms with Crippen molar-refractivity contribution < 1.29 is 0 Å². The van der Waals surface area contributed by atoms with E-state index in [2.05, 4.69) is 55.4 Å². The molecule has 2 N–H and O–H groups in total. The Balaban J connectivity index is 3.47. The number of nitrogens with zero attached hydrogens (tertiary/aromatic N) is 2. The van der Waals surface area contributed by atoms with Gasteiger partial charge in [0, 0.05) is 19.1 Å². The van der Waals surface area contributed by atoms with Gasteiger partial charge in [-0.05, 0) is 54.3 Å². The van der Waals surface area contributed by atoms with E-state index in [4.69, 9.17) is 0 Å². The third kappa shape index (κ3) is 13.5. The van der Waals surface area contributed by atoms with Crippen LogP contribution in [0.4, 0.5) is 0 Å². The van der Waals surface area contributed by atoms with Crippen LogP contribution in [0, 0.1) is 0 Å². The van der Waals surface area contributed by atoms with Gasteiger partial charge in [0.25, 0.3) is 0 Å². The highest BCUT2D eigenvalue weighted by molar-refractivity contribution is 5.80. The summed E-state index contributed by atoms with van der Waals surface area (Å²) in [6.07, 6.45) is 6.50. The van der Waals surface area contributed by atoms with Crippen molar-refractivity contribution in [1.29, 1.82) is 0 Å². The van der Waals surface area contributed by atoms with Crippen LogP contribution in [0.5, 0.6) is 0 Å². The van der Waals surface area contributed by atoms with Gasteiger partial charge in [0.2, 0.25) is 0 Å². The quantitative estimate of drug-likeness (QED) is 0.404. The van der Waals surface area contributed by atoms with Gasteiger partial charge in [-0.25, -0.2) is 0 Å². The van der Waals surface area contributed by atoms with Crippen LogP contribution in [-0.2, 0) is 0 Å². The number of nitrogens with one attached hydrogen (secondary N) is 2. The number of aliphatic imine (C=N–C) groups is 1. The first kappa shape index (κ1) is 18.2. The Morgan fingerprint density at radius 2 is 1.58 bits per heavy atom. The van der Waals surface area contributed by atoms with Gasteiger partial charge in [0.05, 0.1) is 0 Å². The van der Waals surface area contributed by atoms with E-state index in [1.807, 2.05) is 7.05 Å². The summed E-state index contributed by atoms with van der Waals surface area (Å²) in [5.74, 6) is 0.903. The molecule has 0 unspecified atom stereocenters. The van der Waals surface area contributed by atoms with Gasteiger partial charge in [-0.1, -0.05) is 19.3 Å². The molecule has 0 bridgehead atoms. The second-order valence-corrected chi connectivity index (χ2v) is 6.45. The summed E-state index contributed by atoms with van der Waals surface area (Å²) in [4.78, 5) is 6.48. The van der Waals surface area contributed by atoms with Crippen LogP contribution in [0.1, 0.15) is 52.9 Å². The molecule has 0 saturated carbocycles. The molecule has 4 nitrogen and oxygen atoms in total. The maximum atomic E-state index is 4.23. The van der Waals surface area contributed by atoms with Crippen LogP contribution in [0.3, 0.4) is 0 Å². The Bertz CT molecular complexity index is 241. The predicted octanol–water partition coefficient (Wildman–Crippen LogP) is 2.46. The standard InChI is InChI=1S/C15H34N4/c1-15(2,3)18-14(16-4)17-12-10-8-7-9-11-13-19(5)6/h7-13H2,1-6H3,(H2,16,17,18). The number of guanidine groups is 1. The van der Waals surface area contributed by atoms with E-state index >= 15 is 0 Å². The smallest absolute Gasteiger partial charge is 0.191 e. The molecule has 0 aromatic heterocycles. The van der Waals surface area contributed by atoms with Crippen LogP contribution >= 0.6 is 0 Å². The summed E-state index contributed by atoms with van der Waals surface area (Å²) >= 11 is 0. The second-order valence-electron chi connectivity index (χ2n) is 6.45. The van der Waals surface area contributed by atoms with Gasteiger partial charge in [-0.2, -0.15) is 0 Å². The molecule has 0 aliphatic carbocycles. The Labute approximate surface area is 120 Å². The largest absolute Gasteiger partial charge is 0.356 e. The van der Waals surface area contributed by atoms with Gasteiger partial charge >= 0.3 is 0 Å². The summed E-state index contributed by atoms with van der Waals surface area (Å²) in [6, 6.07) is 0. The topological polar surface area (TPSA) is 39.7 Å². The normalized spacial score (nSPS) is 12.9. The Hall–Kier alpha value is -0.770. The van der Waals surface area contributed by atoms with Crippen molar-refractivity contribution >= 4 is 5.96 Å². The molecule has 0 radical (unpaired) electrons. The van der Waals surface area contributed by atoms with Gasteiger partial charge in [-0.15, -0.1) is 0 Å². The predicted molar refractivity (Wildman–Crippen MR) is 85.9 cm³/mol. The molecule has 0 aromatic rings. The lowest BCUT2D eigenvalue weighted by Crippen LogP contribution is -2.47. The highest BCUT2D eigenvalue weighted by Gasteiger charge is 2.10. The molecule has 0 heterocycles. The van der Waals surface area contributed by atoms with Crippen molar-refractivity contribution in [3.8, 4) is 0 Å². The van der Waals surface area contributed by atoms with Crippen molar-refractivity contribution in [3.63, 3.8) is 0 Å². The minimum atomic E-state index is 0.0635. The number of rotatable bonds is 8. The molecule has 0 aromatic carbocycles. The van der Waals surface area contributed by atoms with E-state index in [1.54, 1.807) is 0 Å². The first-order valence-corrected chi connectivity index (χ1v) is 7.49. The monoisotopic (exact) mass is 270 g/mol. The molecule has 0 atom stereocenters. The van der Waals surface area contributed by atoms with Crippen LogP contribution in [-0.4, -0.2) is 50.6 Å². The molecular formula is C15H34N4. The fourth-order valence-electron chi connectivity index (χ4n) is 1.82. The van der Waals surface area contributed by atoms with Crippen LogP contribution in [0.15, 0.2) is 4.99 Å². The van der Waals surface area contributed by atoms with Gasteiger partial charge in [-0.3, -0.25) is 4.99 Å². The SMILES string of the molecule is CN=C(NCCCCCCCN(C)C)NC(C)(C)C. The van der Waals surface area contributed by atoms with E-state index in [9.17, 15) is 0 Å². The van der Waals surface area contributed by atoms with Crippen LogP contribution in [0.2, 0.25) is 0 Å². The third-order valence-electron chi connectivity index (χ3n) is 2.79. The molecule has 0 rings (SSSR count). The lowest BCUT2D eigenvalue weighted by Gasteiger charge is -2.23. The molecule has 0 fully saturated rings. The average molecular weight is 270 g/mol. The van der Waals surface area contributed by atoms with E-state index in [1.165, 1.54) is 38.6 Å². The van der Waals surface area contributed by atoms with Gasteiger partial charge in [0.15, 0.2) is 5.96 Å². The first-order chi connectivity index (χ1) is 8.85. The fraction of sp³-hybridized carbons (Fsp3) is 0.933. The Morgan fingerprint density at radius 3 is 2.11 bits per heavy atom. The Kier molecular flexibility index (Phi) is 9.66. The van der Waals surface area contributed by atoms with Crippen molar-refractivity contribution in [3.05, 3.63) is 0 Å². The number of hydrogen-bond donors (Lipinski definition) is 2. The van der Waals surface area contributed by atoms with E-state index in [0.717, 1.165) is 12.5 Å². The average Bonchev–Trinajstić information content (AvgIpc) is 2.29. The lowest BCUT2D eigenvalue weighted by atomic mass is 10.1. The summed E-state index contributed by atoms with van der Waals surface area (Å²) in [5.41, 5.74) is 0.0635. The fourth-order valence-corrected chi connectivity index (χ4v) is 1.82. The first-order valence-electron chi connectivity index (χ1n) is 7.49. The molecule has 0 aliphatic rings. The zero-order valence-electron chi connectivity index (χ0n) is 13.8. The number of unbranched alkanes of at least 4 members (excludes halogenated alkanes) is 4. The number of hydrogen-bond acceptors (Lipinski definition) is 2. The van der Waals surface area contributed by atoms with Crippen molar-refractivity contribution in [1.82, 2.24) is 15.5 Å². The van der Waals surface area contributed by atoms with E-state index in [-0.39, 0.29) is 5.54 Å². The molecule has 114 valence electrons. The summed E-state index contributed by atoms with van der Waals surface area (Å²) in [5, 5.41) is 6.73. The van der Waals surface area contributed by atoms with Gasteiger partial charge in [0.1, 0.15) is 0 Å². The van der Waals surface area contributed by atoms with Crippen molar-refractivity contribution in [2.45, 2.75) is 58.4 Å². The van der Waals surface area contributed by atoms with Crippen molar-refractivity contribution in [2.24, 2.45) is 4.99 Å². The van der Waals surface area contributed by atoms with Crippen LogP contribution < -0.4 is 10.6 Å². The zero-order chi connectivity index (χ0) is 14.7. The molecule has 0 spiro atoms. The minimum absolute atomic E-state index is 0.0635. The highest BCUT2D eigenvalue weighted by atomic mass is 15.2. The molecule has 0 amide bonds. The molecule has 0 saturated heterocycles. The molecule has 19 heavy (non-hydrogen) atoms. The maximum Gasteiger partial charge on any atom is 0.191 e. The van der Waals surface area contributed by atoms with Crippen molar-refractivity contribution in [2.75, 3.05) is 34.2 Å². The summed E-state index contributed by atoms with van der Waals surface area (Å²) < 4.78 is 0. The van der Waals surface area contributed by atoms with E-state index < -0.39 is 0 Å². The van der Waals surface area contributed by atoms with Crippen LogP contribution in [0.25, 0.3) is 0 Å². The minimum Gasteiger partial charge on any atom is -0.356 e. The summed E-state index contributed by atoms with van der Waals surface area (Å²) in [7, 11) is 6.10. The molecular weight excluding hydrogens is 236 g/mol. The summed E-state index contributed by atoms with van der Waals surface area (Å²) in [6.45, 7) is 8.64. The molecule has 4 heteroatoms. The highest BCUT2D eigenvalue weighted by Crippen LogP contribution is 2.03. The van der Waals surface area contributed by atoms with Gasteiger partial charge < -0.3 is 15.5 Å². The molecule has 0 aliphatic heterocycles. The zero-order valence-corrected chi connectivity index (χ0v) is 13.8. The lowest BCUT2D eigenvalue weighted by molar-refractivity contribution is 0.389. The maximum absolute atomic E-state index is 4.23. The second kappa shape index (κ2) is 10.1. The van der Waals surface area contributed by atoms with E-state index in [0.29, 0.717) is 0 Å².